The van der Waals surface area contributed by atoms with Crippen molar-refractivity contribution in [2.75, 3.05) is 0 Å². The summed E-state index contributed by atoms with van der Waals surface area (Å²) in [6.07, 6.45) is 3.59. The van der Waals surface area contributed by atoms with Crippen LogP contribution in [0.5, 0.6) is 0 Å². The summed E-state index contributed by atoms with van der Waals surface area (Å²) in [6.45, 7) is 0. The SMILES string of the molecule is c1ccc(CCc2ncc(-c3ccccc3)o2)cc1. The van der Waals surface area contributed by atoms with E-state index in [-0.39, 0.29) is 0 Å². The highest BCUT2D eigenvalue weighted by molar-refractivity contribution is 5.55. The van der Waals surface area contributed by atoms with Crippen LogP contribution in [0.25, 0.3) is 11.3 Å². The minimum atomic E-state index is 0.794. The van der Waals surface area contributed by atoms with Crippen LogP contribution < -0.4 is 0 Å². The number of hydrogen-bond acceptors (Lipinski definition) is 2. The fraction of sp³-hybridized carbons (Fsp3) is 0.118. The number of hydrogen-bond donors (Lipinski definition) is 0. The van der Waals surface area contributed by atoms with Gasteiger partial charge in [0.25, 0.3) is 0 Å². The standard InChI is InChI=1S/C17H15NO/c1-3-7-14(8-4-1)11-12-17-18-13-16(19-17)15-9-5-2-6-10-15/h1-10,13H,11-12H2. The Bertz CT molecular complexity index is 629. The van der Waals surface area contributed by atoms with Gasteiger partial charge in [-0.2, -0.15) is 0 Å². The normalized spacial score (nSPS) is 10.5. The highest BCUT2D eigenvalue weighted by Gasteiger charge is 2.05. The smallest absolute Gasteiger partial charge is 0.195 e. The number of nitrogens with zero attached hydrogens (tertiary/aromatic N) is 1. The first-order valence-corrected chi connectivity index (χ1v) is 6.46. The summed E-state index contributed by atoms with van der Waals surface area (Å²) < 4.78 is 5.78. The van der Waals surface area contributed by atoms with Crippen LogP contribution in [0.1, 0.15) is 11.5 Å². The summed E-state index contributed by atoms with van der Waals surface area (Å²) in [5.41, 5.74) is 2.38. The van der Waals surface area contributed by atoms with Crippen LogP contribution in [0.15, 0.2) is 71.3 Å². The Morgan fingerprint density at radius 2 is 1.47 bits per heavy atom. The summed E-state index contributed by atoms with van der Waals surface area (Å²) in [5.74, 6) is 1.63. The van der Waals surface area contributed by atoms with Gasteiger partial charge in [-0.15, -0.1) is 0 Å². The summed E-state index contributed by atoms with van der Waals surface area (Å²) in [5, 5.41) is 0. The minimum absolute atomic E-state index is 0.794. The van der Waals surface area contributed by atoms with Gasteiger partial charge < -0.3 is 4.42 Å². The largest absolute Gasteiger partial charge is 0.441 e. The molecule has 0 unspecified atom stereocenters. The van der Waals surface area contributed by atoms with E-state index >= 15 is 0 Å². The fourth-order valence-electron chi connectivity index (χ4n) is 2.06. The maximum absolute atomic E-state index is 5.78. The van der Waals surface area contributed by atoms with Gasteiger partial charge in [0.1, 0.15) is 0 Å². The molecule has 0 radical (unpaired) electrons. The van der Waals surface area contributed by atoms with Crippen LogP contribution in [0, 0.1) is 0 Å². The van der Waals surface area contributed by atoms with Crippen molar-refractivity contribution in [3.63, 3.8) is 0 Å². The Kier molecular flexibility index (Phi) is 3.41. The molecule has 0 aliphatic heterocycles. The molecule has 0 amide bonds. The van der Waals surface area contributed by atoms with Crippen molar-refractivity contribution in [3.8, 4) is 11.3 Å². The number of rotatable bonds is 4. The molecule has 0 fully saturated rings. The summed E-state index contributed by atoms with van der Waals surface area (Å²) in [7, 11) is 0. The van der Waals surface area contributed by atoms with Crippen LogP contribution in [0.3, 0.4) is 0 Å². The highest BCUT2D eigenvalue weighted by Crippen LogP contribution is 2.20. The van der Waals surface area contributed by atoms with E-state index in [1.807, 2.05) is 36.4 Å². The molecule has 0 N–H and O–H groups in total. The average Bonchev–Trinajstić information content (AvgIpc) is 2.96. The van der Waals surface area contributed by atoms with E-state index in [1.165, 1.54) is 5.56 Å². The van der Waals surface area contributed by atoms with Gasteiger partial charge in [-0.1, -0.05) is 60.7 Å². The van der Waals surface area contributed by atoms with E-state index in [1.54, 1.807) is 6.20 Å². The quantitative estimate of drug-likeness (QED) is 0.695. The molecule has 1 heterocycles. The molecule has 0 spiro atoms. The third kappa shape index (κ3) is 2.91. The van der Waals surface area contributed by atoms with Crippen LogP contribution in [-0.4, -0.2) is 4.98 Å². The molecule has 3 rings (SSSR count). The lowest BCUT2D eigenvalue weighted by molar-refractivity contribution is 0.505. The molecule has 2 aromatic carbocycles. The second-order valence-electron chi connectivity index (χ2n) is 4.47. The monoisotopic (exact) mass is 249 g/mol. The van der Waals surface area contributed by atoms with Crippen LogP contribution in [0.2, 0.25) is 0 Å². The molecular formula is C17H15NO. The second-order valence-corrected chi connectivity index (χ2v) is 4.47. The first-order valence-electron chi connectivity index (χ1n) is 6.46. The van der Waals surface area contributed by atoms with Crippen LogP contribution >= 0.6 is 0 Å². The molecule has 0 saturated heterocycles. The number of oxazole rings is 1. The molecule has 0 atom stereocenters. The second kappa shape index (κ2) is 5.53. The zero-order valence-corrected chi connectivity index (χ0v) is 10.6. The summed E-state index contributed by atoms with van der Waals surface area (Å²) in [4.78, 5) is 4.34. The van der Waals surface area contributed by atoms with Gasteiger partial charge in [0, 0.05) is 12.0 Å². The summed E-state index contributed by atoms with van der Waals surface area (Å²) in [6, 6.07) is 20.5. The lowest BCUT2D eigenvalue weighted by Gasteiger charge is -1.98. The van der Waals surface area contributed by atoms with Crippen molar-refractivity contribution < 1.29 is 4.42 Å². The van der Waals surface area contributed by atoms with Crippen molar-refractivity contribution in [1.82, 2.24) is 4.98 Å². The Hall–Kier alpha value is -2.35. The zero-order chi connectivity index (χ0) is 12.9. The molecule has 0 saturated carbocycles. The van der Waals surface area contributed by atoms with Crippen molar-refractivity contribution >= 4 is 0 Å². The third-order valence-corrected chi connectivity index (χ3v) is 3.08. The Labute approximate surface area is 112 Å². The Morgan fingerprint density at radius 1 is 0.789 bits per heavy atom. The van der Waals surface area contributed by atoms with E-state index in [2.05, 4.69) is 29.2 Å². The maximum atomic E-state index is 5.78. The van der Waals surface area contributed by atoms with E-state index in [0.29, 0.717) is 0 Å². The topological polar surface area (TPSA) is 26.0 Å². The molecule has 19 heavy (non-hydrogen) atoms. The number of aromatic nitrogens is 1. The Morgan fingerprint density at radius 3 is 2.21 bits per heavy atom. The predicted molar refractivity (Wildman–Crippen MR) is 75.8 cm³/mol. The van der Waals surface area contributed by atoms with Gasteiger partial charge in [-0.05, 0) is 12.0 Å². The van der Waals surface area contributed by atoms with E-state index in [0.717, 1.165) is 30.1 Å². The number of benzene rings is 2. The molecule has 0 bridgehead atoms. The molecule has 2 nitrogen and oxygen atoms in total. The molecule has 3 aromatic rings. The van der Waals surface area contributed by atoms with E-state index < -0.39 is 0 Å². The van der Waals surface area contributed by atoms with Gasteiger partial charge >= 0.3 is 0 Å². The van der Waals surface area contributed by atoms with Gasteiger partial charge in [0.05, 0.1) is 6.20 Å². The van der Waals surface area contributed by atoms with Crippen molar-refractivity contribution in [2.45, 2.75) is 12.8 Å². The molecule has 1 aromatic heterocycles. The zero-order valence-electron chi connectivity index (χ0n) is 10.6. The predicted octanol–water partition coefficient (Wildman–Crippen LogP) is 4.13. The van der Waals surface area contributed by atoms with Crippen molar-refractivity contribution in [3.05, 3.63) is 78.3 Å². The molecule has 0 aliphatic carbocycles. The lowest BCUT2D eigenvalue weighted by Crippen LogP contribution is -1.90. The Balaban J connectivity index is 1.69. The highest BCUT2D eigenvalue weighted by atomic mass is 16.4. The average molecular weight is 249 g/mol. The molecule has 94 valence electrons. The van der Waals surface area contributed by atoms with Gasteiger partial charge in [0.2, 0.25) is 0 Å². The maximum Gasteiger partial charge on any atom is 0.195 e. The lowest BCUT2D eigenvalue weighted by atomic mass is 10.1. The first kappa shape index (κ1) is 11.7. The third-order valence-electron chi connectivity index (χ3n) is 3.08. The fourth-order valence-corrected chi connectivity index (χ4v) is 2.06. The minimum Gasteiger partial charge on any atom is -0.441 e. The van der Waals surface area contributed by atoms with Crippen molar-refractivity contribution in [1.29, 1.82) is 0 Å². The van der Waals surface area contributed by atoms with Gasteiger partial charge in [0.15, 0.2) is 11.7 Å². The molecular weight excluding hydrogens is 234 g/mol. The van der Waals surface area contributed by atoms with Gasteiger partial charge in [-0.25, -0.2) is 4.98 Å². The van der Waals surface area contributed by atoms with E-state index in [9.17, 15) is 0 Å². The van der Waals surface area contributed by atoms with Gasteiger partial charge in [-0.3, -0.25) is 0 Å². The van der Waals surface area contributed by atoms with Crippen LogP contribution in [-0.2, 0) is 12.8 Å². The number of aryl methyl sites for hydroxylation is 2. The first-order chi connectivity index (χ1) is 9.42. The summed E-state index contributed by atoms with van der Waals surface area (Å²) >= 11 is 0. The molecule has 2 heteroatoms. The van der Waals surface area contributed by atoms with Crippen LogP contribution in [0.4, 0.5) is 0 Å². The van der Waals surface area contributed by atoms with Crippen molar-refractivity contribution in [2.24, 2.45) is 0 Å². The van der Waals surface area contributed by atoms with E-state index in [4.69, 9.17) is 4.42 Å². The molecule has 0 aliphatic rings.